The number of hydrogen-bond acceptors (Lipinski definition) is 3. The molecule has 110 valence electrons. The molecule has 0 aromatic heterocycles. The maximum atomic E-state index is 6.51. The summed E-state index contributed by atoms with van der Waals surface area (Å²) in [5.41, 5.74) is 8.79. The van der Waals surface area contributed by atoms with Crippen molar-refractivity contribution in [2.75, 3.05) is 14.2 Å². The zero-order chi connectivity index (χ0) is 14.4. The smallest absolute Gasteiger partial charge is 0.127 e. The molecule has 0 saturated carbocycles. The van der Waals surface area contributed by atoms with Gasteiger partial charge in [0.05, 0.1) is 25.8 Å². The number of methoxy groups -OCH3 is 2. The molecule has 1 atom stereocenters. The summed E-state index contributed by atoms with van der Waals surface area (Å²) in [6.07, 6.45) is 9.62. The second-order valence-corrected chi connectivity index (χ2v) is 5.29. The lowest BCUT2D eigenvalue weighted by Gasteiger charge is -2.22. The van der Waals surface area contributed by atoms with Gasteiger partial charge in [0, 0.05) is 0 Å². The van der Waals surface area contributed by atoms with Gasteiger partial charge in [0.25, 0.3) is 0 Å². The Labute approximate surface area is 121 Å². The van der Waals surface area contributed by atoms with Crippen molar-refractivity contribution < 1.29 is 9.47 Å². The Morgan fingerprint density at radius 1 is 1.00 bits per heavy atom. The first-order valence-corrected chi connectivity index (χ1v) is 7.43. The molecule has 0 bridgehead atoms. The van der Waals surface area contributed by atoms with E-state index in [1.807, 2.05) is 18.2 Å². The molecule has 0 heterocycles. The molecule has 3 heteroatoms. The van der Waals surface area contributed by atoms with Gasteiger partial charge in [0.2, 0.25) is 0 Å². The van der Waals surface area contributed by atoms with Crippen LogP contribution in [0, 0.1) is 0 Å². The maximum Gasteiger partial charge on any atom is 0.127 e. The lowest BCUT2D eigenvalue weighted by Crippen LogP contribution is -2.16. The number of hydrogen-bond donors (Lipinski definition) is 1. The van der Waals surface area contributed by atoms with E-state index in [0.717, 1.165) is 29.9 Å². The summed E-state index contributed by atoms with van der Waals surface area (Å²) >= 11 is 0. The Balaban J connectivity index is 2.33. The lowest BCUT2D eigenvalue weighted by molar-refractivity contribution is 0.381. The molecule has 0 spiro atoms. The Bertz CT molecular complexity index is 446. The molecule has 1 aliphatic carbocycles. The van der Waals surface area contributed by atoms with Gasteiger partial charge in [-0.15, -0.1) is 0 Å². The molecule has 0 aliphatic heterocycles. The van der Waals surface area contributed by atoms with Crippen LogP contribution in [0.5, 0.6) is 11.5 Å². The zero-order valence-corrected chi connectivity index (χ0v) is 12.5. The maximum absolute atomic E-state index is 6.51. The summed E-state index contributed by atoms with van der Waals surface area (Å²) in [5, 5.41) is 0. The predicted octanol–water partition coefficient (Wildman–Crippen LogP) is 3.98. The van der Waals surface area contributed by atoms with Crippen molar-refractivity contribution in [1.82, 2.24) is 0 Å². The third kappa shape index (κ3) is 3.34. The van der Waals surface area contributed by atoms with E-state index in [9.17, 15) is 0 Å². The van der Waals surface area contributed by atoms with Crippen LogP contribution in [-0.4, -0.2) is 14.2 Å². The Morgan fingerprint density at radius 3 is 2.30 bits per heavy atom. The van der Waals surface area contributed by atoms with E-state index in [2.05, 4.69) is 6.08 Å². The van der Waals surface area contributed by atoms with E-state index in [4.69, 9.17) is 15.2 Å². The monoisotopic (exact) mass is 275 g/mol. The molecule has 3 nitrogen and oxygen atoms in total. The van der Waals surface area contributed by atoms with Crippen LogP contribution in [0.1, 0.15) is 50.1 Å². The van der Waals surface area contributed by atoms with Crippen molar-refractivity contribution in [3.63, 3.8) is 0 Å². The Hall–Kier alpha value is -1.48. The topological polar surface area (TPSA) is 44.5 Å². The summed E-state index contributed by atoms with van der Waals surface area (Å²) in [7, 11) is 3.36. The van der Waals surface area contributed by atoms with Crippen LogP contribution >= 0.6 is 0 Å². The average molecular weight is 275 g/mol. The van der Waals surface area contributed by atoms with Crippen molar-refractivity contribution in [3.05, 3.63) is 35.4 Å². The quantitative estimate of drug-likeness (QED) is 0.845. The summed E-state index contributed by atoms with van der Waals surface area (Å²) in [6.45, 7) is 0. The molecule has 2 rings (SSSR count). The normalized spacial score (nSPS) is 20.2. The predicted molar refractivity (Wildman–Crippen MR) is 82.3 cm³/mol. The number of nitrogens with two attached hydrogens (primary N) is 1. The molecule has 2 N–H and O–H groups in total. The van der Waals surface area contributed by atoms with Gasteiger partial charge in [-0.1, -0.05) is 30.6 Å². The Kier molecular flexibility index (Phi) is 5.48. The number of allylic oxidation sites excluding steroid dienone is 1. The fourth-order valence-corrected chi connectivity index (χ4v) is 2.87. The third-order valence-corrected chi connectivity index (χ3v) is 4.00. The average Bonchev–Trinajstić information content (AvgIpc) is 2.45. The van der Waals surface area contributed by atoms with Crippen LogP contribution in [0.4, 0.5) is 0 Å². The van der Waals surface area contributed by atoms with E-state index < -0.39 is 0 Å². The van der Waals surface area contributed by atoms with Crippen molar-refractivity contribution in [2.24, 2.45) is 5.73 Å². The highest BCUT2D eigenvalue weighted by Crippen LogP contribution is 2.38. The van der Waals surface area contributed by atoms with Crippen molar-refractivity contribution in [3.8, 4) is 11.5 Å². The van der Waals surface area contributed by atoms with Crippen LogP contribution in [0.25, 0.3) is 0 Å². The minimum absolute atomic E-state index is 0.140. The van der Waals surface area contributed by atoms with Gasteiger partial charge in [-0.25, -0.2) is 0 Å². The zero-order valence-electron chi connectivity index (χ0n) is 12.5. The van der Waals surface area contributed by atoms with Gasteiger partial charge in [0.1, 0.15) is 11.5 Å². The largest absolute Gasteiger partial charge is 0.496 e. The lowest BCUT2D eigenvalue weighted by atomic mass is 9.90. The van der Waals surface area contributed by atoms with E-state index >= 15 is 0 Å². The second kappa shape index (κ2) is 7.34. The number of ether oxygens (including phenoxy) is 2. The summed E-state index contributed by atoms with van der Waals surface area (Å²) in [5.74, 6) is 1.61. The van der Waals surface area contributed by atoms with Gasteiger partial charge in [-0.3, -0.25) is 0 Å². The van der Waals surface area contributed by atoms with Crippen molar-refractivity contribution >= 4 is 0 Å². The molecular formula is C17H25NO2. The first-order valence-electron chi connectivity index (χ1n) is 7.43. The van der Waals surface area contributed by atoms with Crippen LogP contribution in [0.15, 0.2) is 29.8 Å². The van der Waals surface area contributed by atoms with Gasteiger partial charge < -0.3 is 15.2 Å². The van der Waals surface area contributed by atoms with Crippen LogP contribution in [0.2, 0.25) is 0 Å². The van der Waals surface area contributed by atoms with Crippen LogP contribution < -0.4 is 15.2 Å². The van der Waals surface area contributed by atoms with E-state index in [0.29, 0.717) is 0 Å². The highest BCUT2D eigenvalue weighted by molar-refractivity contribution is 5.49. The number of benzene rings is 1. The van der Waals surface area contributed by atoms with Gasteiger partial charge in [-0.2, -0.15) is 0 Å². The molecule has 1 aromatic rings. The second-order valence-electron chi connectivity index (χ2n) is 5.29. The van der Waals surface area contributed by atoms with E-state index in [1.165, 1.54) is 31.3 Å². The molecule has 1 aliphatic rings. The molecule has 1 aromatic carbocycles. The SMILES string of the molecule is COc1cccc(OC)c1C(N)/C1=C/CCCCCC1. The van der Waals surface area contributed by atoms with Gasteiger partial charge in [-0.05, 0) is 37.8 Å². The molecule has 1 unspecified atom stereocenters. The summed E-state index contributed by atoms with van der Waals surface area (Å²) in [4.78, 5) is 0. The number of rotatable bonds is 4. The first kappa shape index (κ1) is 14.9. The summed E-state index contributed by atoms with van der Waals surface area (Å²) in [6, 6.07) is 5.68. The van der Waals surface area contributed by atoms with Crippen molar-refractivity contribution in [1.29, 1.82) is 0 Å². The fraction of sp³-hybridized carbons (Fsp3) is 0.529. The van der Waals surface area contributed by atoms with E-state index in [-0.39, 0.29) is 6.04 Å². The molecular weight excluding hydrogens is 250 g/mol. The highest BCUT2D eigenvalue weighted by Gasteiger charge is 2.21. The summed E-state index contributed by atoms with van der Waals surface area (Å²) < 4.78 is 10.9. The van der Waals surface area contributed by atoms with E-state index in [1.54, 1.807) is 14.2 Å². The minimum atomic E-state index is -0.140. The first-order chi connectivity index (χ1) is 9.77. The fourth-order valence-electron chi connectivity index (χ4n) is 2.87. The van der Waals surface area contributed by atoms with Crippen LogP contribution in [-0.2, 0) is 0 Å². The van der Waals surface area contributed by atoms with Gasteiger partial charge >= 0.3 is 0 Å². The minimum Gasteiger partial charge on any atom is -0.496 e. The molecule has 20 heavy (non-hydrogen) atoms. The van der Waals surface area contributed by atoms with Crippen molar-refractivity contribution in [2.45, 2.75) is 44.6 Å². The highest BCUT2D eigenvalue weighted by atomic mass is 16.5. The Morgan fingerprint density at radius 2 is 1.65 bits per heavy atom. The standard InChI is InChI=1S/C17H25NO2/c1-19-14-11-8-12-15(20-2)16(14)17(18)13-9-6-4-3-5-7-10-13/h8-9,11-12,17H,3-7,10,18H2,1-2H3/b13-9+. The molecule has 0 saturated heterocycles. The third-order valence-electron chi connectivity index (χ3n) is 4.00. The van der Waals surface area contributed by atoms with Crippen LogP contribution in [0.3, 0.4) is 0 Å². The molecule has 0 fully saturated rings. The molecule has 0 radical (unpaired) electrons. The van der Waals surface area contributed by atoms with Gasteiger partial charge in [0.15, 0.2) is 0 Å². The molecule has 0 amide bonds.